The van der Waals surface area contributed by atoms with E-state index >= 15 is 0 Å². The lowest BCUT2D eigenvalue weighted by Gasteiger charge is -2.33. The molecule has 0 spiro atoms. The number of likely N-dealkylation sites (N-methyl/N-ethyl adjacent to an activating group) is 1. The van der Waals surface area contributed by atoms with Crippen LogP contribution in [0.25, 0.3) is 5.69 Å². The molecule has 6 nitrogen and oxygen atoms in total. The van der Waals surface area contributed by atoms with Crippen molar-refractivity contribution in [3.05, 3.63) is 35.5 Å². The van der Waals surface area contributed by atoms with Gasteiger partial charge in [-0.3, -0.25) is 0 Å². The van der Waals surface area contributed by atoms with Crippen LogP contribution in [0.15, 0.2) is 24.3 Å². The average molecular weight is 310 g/mol. The Morgan fingerprint density at radius 3 is 2.48 bits per heavy atom. The standard InChI is InChI=1S/C17H22N6/c1-3-14-7-5-6-8-16(14)23-19-15(13-18)17(20-23)22-11-9-21(4-2)10-12-22/h5-8H,3-4,9-12H2,1-2H3. The fourth-order valence-electron chi connectivity index (χ4n) is 2.97. The first-order valence-corrected chi connectivity index (χ1v) is 8.19. The molecule has 1 aromatic carbocycles. The van der Waals surface area contributed by atoms with E-state index in [4.69, 9.17) is 0 Å². The summed E-state index contributed by atoms with van der Waals surface area (Å²) in [6, 6.07) is 10.3. The zero-order valence-electron chi connectivity index (χ0n) is 13.7. The summed E-state index contributed by atoms with van der Waals surface area (Å²) in [7, 11) is 0. The van der Waals surface area contributed by atoms with Gasteiger partial charge in [-0.2, -0.15) is 5.26 Å². The smallest absolute Gasteiger partial charge is 0.207 e. The third-order valence-corrected chi connectivity index (χ3v) is 4.41. The number of hydrogen-bond acceptors (Lipinski definition) is 5. The Morgan fingerprint density at radius 2 is 1.83 bits per heavy atom. The normalized spacial score (nSPS) is 15.6. The molecule has 6 heteroatoms. The minimum Gasteiger partial charge on any atom is -0.350 e. The number of hydrogen-bond donors (Lipinski definition) is 0. The molecule has 0 amide bonds. The number of benzene rings is 1. The lowest BCUT2D eigenvalue weighted by atomic mass is 10.1. The van der Waals surface area contributed by atoms with E-state index in [-0.39, 0.29) is 0 Å². The van der Waals surface area contributed by atoms with Gasteiger partial charge in [0.2, 0.25) is 5.69 Å². The Bertz CT molecular complexity index is 706. The van der Waals surface area contributed by atoms with Crippen molar-refractivity contribution in [1.82, 2.24) is 19.9 Å². The molecule has 0 bridgehead atoms. The number of para-hydroxylation sites is 1. The number of anilines is 1. The number of aryl methyl sites for hydroxylation is 1. The van der Waals surface area contributed by atoms with Crippen LogP contribution in [0.3, 0.4) is 0 Å². The maximum Gasteiger partial charge on any atom is 0.207 e. The molecule has 2 heterocycles. The second-order valence-electron chi connectivity index (χ2n) is 5.68. The molecule has 2 aromatic rings. The van der Waals surface area contributed by atoms with E-state index in [0.717, 1.165) is 44.8 Å². The van der Waals surface area contributed by atoms with Gasteiger partial charge in [-0.05, 0) is 24.6 Å². The first kappa shape index (κ1) is 15.5. The summed E-state index contributed by atoms with van der Waals surface area (Å²) in [5.74, 6) is 0.703. The largest absolute Gasteiger partial charge is 0.350 e. The van der Waals surface area contributed by atoms with Crippen LogP contribution >= 0.6 is 0 Å². The van der Waals surface area contributed by atoms with Crippen LogP contribution in [0.1, 0.15) is 25.1 Å². The highest BCUT2D eigenvalue weighted by molar-refractivity contribution is 5.51. The molecule has 120 valence electrons. The molecule has 1 aliphatic heterocycles. The highest BCUT2D eigenvalue weighted by Crippen LogP contribution is 2.21. The quantitative estimate of drug-likeness (QED) is 0.862. The van der Waals surface area contributed by atoms with Crippen LogP contribution in [-0.2, 0) is 6.42 Å². The van der Waals surface area contributed by atoms with Crippen molar-refractivity contribution in [1.29, 1.82) is 5.26 Å². The van der Waals surface area contributed by atoms with Gasteiger partial charge < -0.3 is 9.80 Å². The van der Waals surface area contributed by atoms with E-state index in [1.807, 2.05) is 18.2 Å². The Morgan fingerprint density at radius 1 is 1.09 bits per heavy atom. The topological polar surface area (TPSA) is 61.0 Å². The summed E-state index contributed by atoms with van der Waals surface area (Å²) in [4.78, 5) is 6.18. The van der Waals surface area contributed by atoms with Crippen molar-refractivity contribution >= 4 is 5.82 Å². The lowest BCUT2D eigenvalue weighted by Crippen LogP contribution is -2.46. The summed E-state index contributed by atoms with van der Waals surface area (Å²) < 4.78 is 0. The zero-order chi connectivity index (χ0) is 16.2. The van der Waals surface area contributed by atoms with Crippen molar-refractivity contribution < 1.29 is 0 Å². The van der Waals surface area contributed by atoms with Crippen LogP contribution in [0.5, 0.6) is 0 Å². The number of aromatic nitrogens is 3. The van der Waals surface area contributed by atoms with E-state index < -0.39 is 0 Å². The maximum absolute atomic E-state index is 9.43. The van der Waals surface area contributed by atoms with Gasteiger partial charge in [0.05, 0.1) is 5.69 Å². The zero-order valence-corrected chi connectivity index (χ0v) is 13.7. The molecule has 0 saturated carbocycles. The predicted octanol–water partition coefficient (Wildman–Crippen LogP) is 1.84. The van der Waals surface area contributed by atoms with Crippen molar-refractivity contribution in [2.75, 3.05) is 37.6 Å². The van der Waals surface area contributed by atoms with Crippen LogP contribution in [-0.4, -0.2) is 52.6 Å². The van der Waals surface area contributed by atoms with Gasteiger partial charge in [0, 0.05) is 26.2 Å². The molecule has 0 radical (unpaired) electrons. The summed E-state index contributed by atoms with van der Waals surface area (Å²) in [6.45, 7) is 9.12. The molecule has 0 unspecified atom stereocenters. The fraction of sp³-hybridized carbons (Fsp3) is 0.471. The fourth-order valence-corrected chi connectivity index (χ4v) is 2.97. The van der Waals surface area contributed by atoms with Gasteiger partial charge in [0.1, 0.15) is 6.07 Å². The molecular weight excluding hydrogens is 288 g/mol. The van der Waals surface area contributed by atoms with Crippen LogP contribution in [0, 0.1) is 11.3 Å². The number of piperazine rings is 1. The number of rotatable bonds is 4. The molecule has 3 rings (SSSR count). The van der Waals surface area contributed by atoms with E-state index in [0.29, 0.717) is 11.5 Å². The minimum absolute atomic E-state index is 0.404. The lowest BCUT2D eigenvalue weighted by molar-refractivity contribution is 0.270. The molecule has 0 N–H and O–H groups in total. The molecule has 1 saturated heterocycles. The van der Waals surface area contributed by atoms with Crippen molar-refractivity contribution in [2.45, 2.75) is 20.3 Å². The molecule has 0 atom stereocenters. The molecular formula is C17H22N6. The third-order valence-electron chi connectivity index (χ3n) is 4.41. The van der Waals surface area contributed by atoms with Crippen molar-refractivity contribution in [3.63, 3.8) is 0 Å². The van der Waals surface area contributed by atoms with Gasteiger partial charge in [-0.25, -0.2) is 0 Å². The Balaban J connectivity index is 1.91. The van der Waals surface area contributed by atoms with Crippen molar-refractivity contribution in [2.24, 2.45) is 0 Å². The SMILES string of the molecule is CCc1ccccc1-n1nc(C#N)c(N2CCN(CC)CC2)n1. The van der Waals surface area contributed by atoms with Crippen LogP contribution in [0.4, 0.5) is 5.82 Å². The summed E-state index contributed by atoms with van der Waals surface area (Å²) in [5, 5.41) is 18.5. The van der Waals surface area contributed by atoms with Gasteiger partial charge in [0.25, 0.3) is 0 Å². The van der Waals surface area contributed by atoms with E-state index in [1.165, 1.54) is 5.56 Å². The molecule has 1 fully saturated rings. The number of nitrogens with zero attached hydrogens (tertiary/aromatic N) is 6. The summed E-state index contributed by atoms with van der Waals surface area (Å²) in [6.07, 6.45) is 0.907. The first-order chi connectivity index (χ1) is 11.3. The highest BCUT2D eigenvalue weighted by atomic mass is 15.5. The summed E-state index contributed by atoms with van der Waals surface area (Å²) in [5.41, 5.74) is 2.53. The number of nitriles is 1. The van der Waals surface area contributed by atoms with Crippen molar-refractivity contribution in [3.8, 4) is 11.8 Å². The van der Waals surface area contributed by atoms with Crippen LogP contribution < -0.4 is 4.90 Å². The van der Waals surface area contributed by atoms with Gasteiger partial charge in [-0.15, -0.1) is 15.0 Å². The molecule has 23 heavy (non-hydrogen) atoms. The van der Waals surface area contributed by atoms with Gasteiger partial charge in [0.15, 0.2) is 5.82 Å². The van der Waals surface area contributed by atoms with Crippen LogP contribution in [0.2, 0.25) is 0 Å². The van der Waals surface area contributed by atoms with Gasteiger partial charge >= 0.3 is 0 Å². The van der Waals surface area contributed by atoms with E-state index in [1.54, 1.807) is 4.80 Å². The Kier molecular flexibility index (Phi) is 4.58. The predicted molar refractivity (Wildman–Crippen MR) is 89.8 cm³/mol. The molecule has 1 aromatic heterocycles. The average Bonchev–Trinajstić information content (AvgIpc) is 3.06. The van der Waals surface area contributed by atoms with E-state index in [2.05, 4.69) is 46.0 Å². The van der Waals surface area contributed by atoms with Gasteiger partial charge in [-0.1, -0.05) is 32.0 Å². The maximum atomic E-state index is 9.43. The monoisotopic (exact) mass is 310 g/mol. The third kappa shape index (κ3) is 3.06. The Labute approximate surface area is 136 Å². The highest BCUT2D eigenvalue weighted by Gasteiger charge is 2.23. The second kappa shape index (κ2) is 6.80. The second-order valence-corrected chi connectivity index (χ2v) is 5.68. The van der Waals surface area contributed by atoms with E-state index in [9.17, 15) is 5.26 Å². The Hall–Kier alpha value is -2.39. The molecule has 0 aliphatic carbocycles. The summed E-state index contributed by atoms with van der Waals surface area (Å²) >= 11 is 0. The minimum atomic E-state index is 0.404. The first-order valence-electron chi connectivity index (χ1n) is 8.19. The molecule has 1 aliphatic rings.